The summed E-state index contributed by atoms with van der Waals surface area (Å²) in [5, 5.41) is 9.60. The molecule has 0 atom stereocenters. The summed E-state index contributed by atoms with van der Waals surface area (Å²) in [4.78, 5) is 4.97. The molecule has 0 saturated heterocycles. The third-order valence-corrected chi connectivity index (χ3v) is 7.57. The Morgan fingerprint density at radius 3 is 2.61 bits per heavy atom. The zero-order valence-electron chi connectivity index (χ0n) is 16.4. The number of fused-ring (bicyclic) bond motifs is 1. The lowest BCUT2D eigenvalue weighted by molar-refractivity contribution is 0.588. The van der Waals surface area contributed by atoms with Crippen molar-refractivity contribution >= 4 is 38.8 Å². The van der Waals surface area contributed by atoms with Crippen molar-refractivity contribution in [2.75, 3.05) is 0 Å². The maximum Gasteiger partial charge on any atom is 0.268 e. The molecule has 2 aromatic heterocycles. The number of benzene rings is 2. The van der Waals surface area contributed by atoms with Crippen molar-refractivity contribution in [1.82, 2.24) is 8.96 Å². The molecule has 0 fully saturated rings. The Balaban J connectivity index is 1.86. The monoisotopic (exact) mass is 449 g/mol. The Morgan fingerprint density at radius 1 is 1.19 bits per heavy atom. The van der Waals surface area contributed by atoms with E-state index in [0.29, 0.717) is 20.7 Å². The molecular formula is C23H16FN3O2S2. The molecule has 0 radical (unpaired) electrons. The molecule has 0 amide bonds. The van der Waals surface area contributed by atoms with Gasteiger partial charge in [0.1, 0.15) is 17.6 Å². The number of nitrogens with zero attached hydrogens (tertiary/aromatic N) is 3. The van der Waals surface area contributed by atoms with Gasteiger partial charge in [-0.15, -0.1) is 0 Å². The van der Waals surface area contributed by atoms with Crippen LogP contribution in [-0.2, 0) is 10.0 Å². The molecule has 2 aromatic carbocycles. The maximum atomic E-state index is 15.2. The van der Waals surface area contributed by atoms with E-state index in [1.54, 1.807) is 30.3 Å². The van der Waals surface area contributed by atoms with E-state index < -0.39 is 15.8 Å². The molecule has 4 aromatic rings. The molecule has 0 spiro atoms. The molecule has 4 rings (SSSR count). The van der Waals surface area contributed by atoms with Gasteiger partial charge in [-0.2, -0.15) is 5.26 Å². The lowest BCUT2D eigenvalue weighted by atomic mass is 10.1. The summed E-state index contributed by atoms with van der Waals surface area (Å²) in [5.41, 5.74) is 1.87. The fourth-order valence-electron chi connectivity index (χ4n) is 3.23. The third-order valence-electron chi connectivity index (χ3n) is 4.75. The minimum atomic E-state index is -3.90. The molecule has 154 valence electrons. The predicted octanol–water partition coefficient (Wildman–Crippen LogP) is 5.39. The highest BCUT2D eigenvalue weighted by Gasteiger charge is 2.22. The van der Waals surface area contributed by atoms with Crippen molar-refractivity contribution in [1.29, 1.82) is 5.26 Å². The molecule has 2 heterocycles. The first-order chi connectivity index (χ1) is 14.8. The predicted molar refractivity (Wildman–Crippen MR) is 119 cm³/mol. The number of hydrogen-bond acceptors (Lipinski definition) is 5. The lowest BCUT2D eigenvalue weighted by Gasteiger charge is -2.12. The van der Waals surface area contributed by atoms with Crippen LogP contribution in [0.25, 0.3) is 17.0 Å². The highest BCUT2D eigenvalue weighted by molar-refractivity contribution is 7.99. The van der Waals surface area contributed by atoms with Gasteiger partial charge in [0.25, 0.3) is 10.0 Å². The van der Waals surface area contributed by atoms with Crippen molar-refractivity contribution in [2.45, 2.75) is 21.6 Å². The number of pyridine rings is 1. The molecule has 0 aliphatic rings. The summed E-state index contributed by atoms with van der Waals surface area (Å²) in [6, 6.07) is 14.5. The fourth-order valence-corrected chi connectivity index (χ4v) is 5.56. The van der Waals surface area contributed by atoms with Crippen LogP contribution in [0.5, 0.6) is 0 Å². The smallest absolute Gasteiger partial charge is 0.245 e. The molecule has 8 heteroatoms. The van der Waals surface area contributed by atoms with Gasteiger partial charge in [-0.05, 0) is 37.3 Å². The molecule has 0 N–H and O–H groups in total. The molecule has 0 bridgehead atoms. The van der Waals surface area contributed by atoms with Crippen molar-refractivity contribution in [2.24, 2.45) is 0 Å². The quantitative estimate of drug-likeness (QED) is 0.408. The van der Waals surface area contributed by atoms with E-state index in [9.17, 15) is 8.42 Å². The number of aromatic nitrogens is 2. The number of halogens is 1. The van der Waals surface area contributed by atoms with Crippen LogP contribution in [-0.4, -0.2) is 17.4 Å². The zero-order chi connectivity index (χ0) is 22.2. The van der Waals surface area contributed by atoms with Gasteiger partial charge in [-0.3, -0.25) is 0 Å². The van der Waals surface area contributed by atoms with Gasteiger partial charge in [0.15, 0.2) is 0 Å². The first-order valence-corrected chi connectivity index (χ1v) is 11.4. The third kappa shape index (κ3) is 3.74. The van der Waals surface area contributed by atoms with E-state index in [1.807, 2.05) is 13.0 Å². The van der Waals surface area contributed by atoms with E-state index in [2.05, 4.69) is 11.6 Å². The van der Waals surface area contributed by atoms with Crippen LogP contribution in [0.2, 0.25) is 0 Å². The minimum absolute atomic E-state index is 0.121. The Hall–Kier alpha value is -3.41. The summed E-state index contributed by atoms with van der Waals surface area (Å²) >= 11 is 1.13. The Bertz CT molecular complexity index is 1470. The fraction of sp³-hybridized carbons (Fsp3) is 0.0435. The van der Waals surface area contributed by atoms with Gasteiger partial charge in [0.2, 0.25) is 0 Å². The van der Waals surface area contributed by atoms with Crippen molar-refractivity contribution in [3.8, 4) is 6.07 Å². The van der Waals surface area contributed by atoms with Gasteiger partial charge in [0.05, 0.1) is 15.3 Å². The highest BCUT2D eigenvalue weighted by Crippen LogP contribution is 2.38. The van der Waals surface area contributed by atoms with Gasteiger partial charge in [-0.25, -0.2) is 21.8 Å². The topological polar surface area (TPSA) is 75.8 Å². The summed E-state index contributed by atoms with van der Waals surface area (Å²) in [5.74, 6) is -0.582. The molecular weight excluding hydrogens is 433 g/mol. The number of hydrogen-bond donors (Lipinski definition) is 0. The second-order valence-electron chi connectivity index (χ2n) is 6.76. The summed E-state index contributed by atoms with van der Waals surface area (Å²) in [6.45, 7) is 5.66. The molecule has 0 saturated carbocycles. The van der Waals surface area contributed by atoms with Crippen LogP contribution in [0.15, 0.2) is 82.2 Å². The highest BCUT2D eigenvalue weighted by atomic mass is 32.2. The van der Waals surface area contributed by atoms with E-state index in [-0.39, 0.29) is 16.1 Å². The number of aryl methyl sites for hydroxylation is 1. The Kier molecular flexibility index (Phi) is 5.39. The second-order valence-corrected chi connectivity index (χ2v) is 9.66. The normalized spacial score (nSPS) is 11.4. The molecule has 31 heavy (non-hydrogen) atoms. The Labute approximate surface area is 183 Å². The summed E-state index contributed by atoms with van der Waals surface area (Å²) in [6.07, 6.45) is 4.40. The van der Waals surface area contributed by atoms with Crippen LogP contribution in [0.4, 0.5) is 4.39 Å². The second kappa shape index (κ2) is 8.02. The molecule has 5 nitrogen and oxygen atoms in total. The van der Waals surface area contributed by atoms with Gasteiger partial charge >= 0.3 is 0 Å². The average Bonchev–Trinajstić information content (AvgIpc) is 3.19. The van der Waals surface area contributed by atoms with Gasteiger partial charge in [-0.1, -0.05) is 42.1 Å². The summed E-state index contributed by atoms with van der Waals surface area (Å²) in [7, 11) is -3.90. The van der Waals surface area contributed by atoms with E-state index in [4.69, 9.17) is 5.26 Å². The molecule has 0 aliphatic heterocycles. The van der Waals surface area contributed by atoms with Gasteiger partial charge < -0.3 is 0 Å². The first-order valence-electron chi connectivity index (χ1n) is 9.17. The zero-order valence-corrected chi connectivity index (χ0v) is 18.0. The molecule has 0 unspecified atom stereocenters. The van der Waals surface area contributed by atoms with Crippen LogP contribution >= 0.6 is 11.8 Å². The minimum Gasteiger partial charge on any atom is -0.245 e. The lowest BCUT2D eigenvalue weighted by Crippen LogP contribution is -2.12. The van der Waals surface area contributed by atoms with E-state index in [0.717, 1.165) is 21.3 Å². The number of nitriles is 1. The van der Waals surface area contributed by atoms with E-state index in [1.165, 1.54) is 36.7 Å². The van der Waals surface area contributed by atoms with Crippen LogP contribution in [0.3, 0.4) is 0 Å². The largest absolute Gasteiger partial charge is 0.268 e. The average molecular weight is 450 g/mol. The van der Waals surface area contributed by atoms with Crippen LogP contribution in [0, 0.1) is 24.1 Å². The summed E-state index contributed by atoms with van der Waals surface area (Å²) < 4.78 is 42.6. The number of rotatable bonds is 5. The van der Waals surface area contributed by atoms with Gasteiger partial charge in [0, 0.05) is 34.3 Å². The maximum absolute atomic E-state index is 15.2. The van der Waals surface area contributed by atoms with Crippen LogP contribution in [0.1, 0.15) is 16.8 Å². The van der Waals surface area contributed by atoms with Crippen molar-refractivity contribution in [3.63, 3.8) is 0 Å². The van der Waals surface area contributed by atoms with Crippen molar-refractivity contribution < 1.29 is 12.8 Å². The Morgan fingerprint density at radius 2 is 1.94 bits per heavy atom. The van der Waals surface area contributed by atoms with Crippen LogP contribution < -0.4 is 0 Å². The van der Waals surface area contributed by atoms with Crippen molar-refractivity contribution in [3.05, 3.63) is 90.1 Å². The SMILES string of the molecule is C=Cc1c(Sc2ccnc(C#N)c2)c(F)cc2c1ccn2S(=O)(=O)c1ccc(C)cc1. The first kappa shape index (κ1) is 20.8. The molecule has 0 aliphatic carbocycles. The standard InChI is InChI=1S/C23H16FN3O2S2/c1-3-19-20-9-11-27(31(28,29)18-6-4-15(2)5-7-18)22(20)13-21(24)23(19)30-17-8-10-26-16(12-17)14-25/h3-13H,1H2,2H3. The van der Waals surface area contributed by atoms with E-state index >= 15 is 4.39 Å².